The Hall–Kier alpha value is -2.93. The Labute approximate surface area is 155 Å². The lowest BCUT2D eigenvalue weighted by Crippen LogP contribution is -1.96. The quantitative estimate of drug-likeness (QED) is 0.681. The number of hydrogen-bond acceptors (Lipinski definition) is 7. The summed E-state index contributed by atoms with van der Waals surface area (Å²) in [5, 5.41) is 7.67. The Morgan fingerprint density at radius 2 is 1.77 bits per heavy atom. The standard InChI is InChI=1S/C18H18ClN3O4/c1-10-7-14(16(25-4)9-13(10)19)20-18-21-17(22-26-18)12-8-11(23-2)5-6-15(12)24-3/h5-9H,1-4H3,(H,20,21,22). The highest BCUT2D eigenvalue weighted by molar-refractivity contribution is 6.31. The van der Waals surface area contributed by atoms with Gasteiger partial charge in [-0.1, -0.05) is 16.8 Å². The van der Waals surface area contributed by atoms with Crippen LogP contribution >= 0.6 is 11.6 Å². The molecule has 0 aliphatic heterocycles. The van der Waals surface area contributed by atoms with Crippen LogP contribution in [0.2, 0.25) is 5.02 Å². The van der Waals surface area contributed by atoms with Crippen molar-refractivity contribution in [3.8, 4) is 28.6 Å². The van der Waals surface area contributed by atoms with Gasteiger partial charge in [0.15, 0.2) is 0 Å². The van der Waals surface area contributed by atoms with E-state index in [0.717, 1.165) is 5.56 Å². The minimum Gasteiger partial charge on any atom is -0.497 e. The molecule has 0 saturated carbocycles. The van der Waals surface area contributed by atoms with Crippen LogP contribution in [0.15, 0.2) is 34.9 Å². The zero-order valence-electron chi connectivity index (χ0n) is 14.8. The number of hydrogen-bond donors (Lipinski definition) is 1. The van der Waals surface area contributed by atoms with Crippen molar-refractivity contribution in [2.24, 2.45) is 0 Å². The number of nitrogens with one attached hydrogen (secondary N) is 1. The third kappa shape index (κ3) is 3.52. The van der Waals surface area contributed by atoms with E-state index in [1.54, 1.807) is 45.6 Å². The molecule has 26 heavy (non-hydrogen) atoms. The molecule has 0 atom stereocenters. The van der Waals surface area contributed by atoms with Gasteiger partial charge in [0, 0.05) is 11.1 Å². The molecule has 0 unspecified atom stereocenters. The Kier molecular flexibility index (Phi) is 5.18. The number of rotatable bonds is 6. The first-order valence-corrected chi connectivity index (χ1v) is 8.10. The molecule has 1 aromatic heterocycles. The number of nitrogens with zero attached hydrogens (tertiary/aromatic N) is 2. The molecule has 0 fully saturated rings. The van der Waals surface area contributed by atoms with Gasteiger partial charge in [-0.25, -0.2) is 0 Å². The highest BCUT2D eigenvalue weighted by atomic mass is 35.5. The molecular weight excluding hydrogens is 358 g/mol. The fraction of sp³-hybridized carbons (Fsp3) is 0.222. The van der Waals surface area contributed by atoms with Crippen LogP contribution in [0.5, 0.6) is 17.2 Å². The lowest BCUT2D eigenvalue weighted by atomic mass is 10.2. The number of aromatic nitrogens is 2. The number of benzene rings is 2. The van der Waals surface area contributed by atoms with Crippen LogP contribution in [0.4, 0.5) is 11.7 Å². The van der Waals surface area contributed by atoms with E-state index >= 15 is 0 Å². The molecule has 8 heteroatoms. The number of methoxy groups -OCH3 is 3. The maximum Gasteiger partial charge on any atom is 0.326 e. The van der Waals surface area contributed by atoms with Crippen molar-refractivity contribution in [1.29, 1.82) is 0 Å². The van der Waals surface area contributed by atoms with Gasteiger partial charge in [0.05, 0.1) is 32.6 Å². The second-order valence-corrected chi connectivity index (χ2v) is 5.82. The second kappa shape index (κ2) is 7.53. The van der Waals surface area contributed by atoms with E-state index in [1.807, 2.05) is 13.0 Å². The molecule has 0 amide bonds. The van der Waals surface area contributed by atoms with Crippen LogP contribution in [-0.4, -0.2) is 31.5 Å². The largest absolute Gasteiger partial charge is 0.497 e. The number of aryl methyl sites for hydroxylation is 1. The molecule has 0 spiro atoms. The van der Waals surface area contributed by atoms with Gasteiger partial charge in [-0.2, -0.15) is 4.98 Å². The first-order chi connectivity index (χ1) is 12.5. The van der Waals surface area contributed by atoms with Crippen LogP contribution in [-0.2, 0) is 0 Å². The van der Waals surface area contributed by atoms with Crippen molar-refractivity contribution in [1.82, 2.24) is 10.1 Å². The molecule has 1 heterocycles. The maximum absolute atomic E-state index is 6.13. The predicted molar refractivity (Wildman–Crippen MR) is 98.9 cm³/mol. The number of halogens is 1. The number of ether oxygens (including phenoxy) is 3. The zero-order chi connectivity index (χ0) is 18.7. The van der Waals surface area contributed by atoms with Crippen molar-refractivity contribution in [2.75, 3.05) is 26.6 Å². The molecule has 0 saturated heterocycles. The van der Waals surface area contributed by atoms with Gasteiger partial charge in [0.25, 0.3) is 0 Å². The van der Waals surface area contributed by atoms with Crippen LogP contribution in [0, 0.1) is 6.92 Å². The molecule has 1 N–H and O–H groups in total. The first kappa shape index (κ1) is 17.9. The Morgan fingerprint density at radius 3 is 2.46 bits per heavy atom. The topological polar surface area (TPSA) is 78.6 Å². The van der Waals surface area contributed by atoms with Gasteiger partial charge >= 0.3 is 6.01 Å². The van der Waals surface area contributed by atoms with Gasteiger partial charge < -0.3 is 24.1 Å². The summed E-state index contributed by atoms with van der Waals surface area (Å²) >= 11 is 6.13. The monoisotopic (exact) mass is 375 g/mol. The van der Waals surface area contributed by atoms with E-state index < -0.39 is 0 Å². The highest BCUT2D eigenvalue weighted by Gasteiger charge is 2.16. The van der Waals surface area contributed by atoms with E-state index in [1.165, 1.54) is 0 Å². The third-order valence-corrected chi connectivity index (χ3v) is 4.20. The molecule has 0 radical (unpaired) electrons. The fourth-order valence-electron chi connectivity index (χ4n) is 2.42. The summed E-state index contributed by atoms with van der Waals surface area (Å²) in [7, 11) is 4.72. The summed E-state index contributed by atoms with van der Waals surface area (Å²) in [5.41, 5.74) is 2.22. The Balaban J connectivity index is 1.93. The van der Waals surface area contributed by atoms with E-state index in [2.05, 4.69) is 15.5 Å². The van der Waals surface area contributed by atoms with Crippen LogP contribution < -0.4 is 19.5 Å². The first-order valence-electron chi connectivity index (χ1n) is 7.73. The maximum atomic E-state index is 6.13. The summed E-state index contributed by atoms with van der Waals surface area (Å²) < 4.78 is 21.3. The van der Waals surface area contributed by atoms with Crippen molar-refractivity contribution >= 4 is 23.3 Å². The molecule has 2 aromatic carbocycles. The lowest BCUT2D eigenvalue weighted by molar-refractivity contribution is 0.403. The minimum absolute atomic E-state index is 0.213. The summed E-state index contributed by atoms with van der Waals surface area (Å²) in [6, 6.07) is 9.13. The van der Waals surface area contributed by atoms with Gasteiger partial charge in [-0.15, -0.1) is 0 Å². The highest BCUT2D eigenvalue weighted by Crippen LogP contribution is 2.35. The molecule has 3 aromatic rings. The predicted octanol–water partition coefficient (Wildman–Crippen LogP) is 4.47. The van der Waals surface area contributed by atoms with E-state index in [-0.39, 0.29) is 6.01 Å². The molecule has 136 valence electrons. The van der Waals surface area contributed by atoms with E-state index in [4.69, 9.17) is 30.3 Å². The van der Waals surface area contributed by atoms with Gasteiger partial charge in [0.2, 0.25) is 5.82 Å². The normalized spacial score (nSPS) is 10.5. The van der Waals surface area contributed by atoms with Crippen LogP contribution in [0.25, 0.3) is 11.4 Å². The summed E-state index contributed by atoms with van der Waals surface area (Å²) in [4.78, 5) is 4.37. The van der Waals surface area contributed by atoms with Crippen molar-refractivity contribution in [3.63, 3.8) is 0 Å². The second-order valence-electron chi connectivity index (χ2n) is 5.42. The van der Waals surface area contributed by atoms with E-state index in [0.29, 0.717) is 39.3 Å². The van der Waals surface area contributed by atoms with Crippen molar-refractivity contribution in [3.05, 3.63) is 40.9 Å². The average molecular weight is 376 g/mol. The van der Waals surface area contributed by atoms with Gasteiger partial charge in [0.1, 0.15) is 17.2 Å². The van der Waals surface area contributed by atoms with Crippen molar-refractivity contribution in [2.45, 2.75) is 6.92 Å². The average Bonchev–Trinajstić information content (AvgIpc) is 3.12. The molecule has 0 aliphatic rings. The lowest BCUT2D eigenvalue weighted by Gasteiger charge is -2.10. The smallest absolute Gasteiger partial charge is 0.326 e. The van der Waals surface area contributed by atoms with Crippen molar-refractivity contribution < 1.29 is 18.7 Å². The van der Waals surface area contributed by atoms with Gasteiger partial charge in [-0.05, 0) is 36.8 Å². The fourth-order valence-corrected chi connectivity index (χ4v) is 2.57. The Morgan fingerprint density at radius 1 is 1.00 bits per heavy atom. The van der Waals surface area contributed by atoms with Crippen LogP contribution in [0.1, 0.15) is 5.56 Å². The third-order valence-electron chi connectivity index (χ3n) is 3.80. The van der Waals surface area contributed by atoms with Gasteiger partial charge in [-0.3, -0.25) is 0 Å². The zero-order valence-corrected chi connectivity index (χ0v) is 15.5. The summed E-state index contributed by atoms with van der Waals surface area (Å²) in [5.74, 6) is 2.21. The summed E-state index contributed by atoms with van der Waals surface area (Å²) in [6.45, 7) is 1.90. The molecule has 0 bridgehead atoms. The molecular formula is C18H18ClN3O4. The molecule has 3 rings (SSSR count). The summed E-state index contributed by atoms with van der Waals surface area (Å²) in [6.07, 6.45) is 0. The molecule has 0 aliphatic carbocycles. The number of anilines is 2. The van der Waals surface area contributed by atoms with E-state index in [9.17, 15) is 0 Å². The van der Waals surface area contributed by atoms with Crippen LogP contribution in [0.3, 0.4) is 0 Å². The molecule has 7 nitrogen and oxygen atoms in total. The SMILES string of the molecule is COc1ccc(OC)c(-c2noc(Nc3cc(C)c(Cl)cc3OC)n2)c1. The Bertz CT molecular complexity index is 927. The minimum atomic E-state index is 0.213.